The van der Waals surface area contributed by atoms with Gasteiger partial charge in [0, 0.05) is 13.2 Å². The Hall–Kier alpha value is -1.14. The molecule has 17 heavy (non-hydrogen) atoms. The average molecular weight is 246 g/mol. The van der Waals surface area contributed by atoms with Gasteiger partial charge in [0.05, 0.1) is 12.6 Å². The van der Waals surface area contributed by atoms with Crippen LogP contribution in [0.15, 0.2) is 0 Å². The van der Waals surface area contributed by atoms with Crippen LogP contribution in [-0.4, -0.2) is 48.8 Å². The van der Waals surface area contributed by atoms with Crippen LogP contribution in [0.2, 0.25) is 0 Å². The molecule has 0 saturated carbocycles. The highest BCUT2D eigenvalue weighted by atomic mass is 16.5. The lowest BCUT2D eigenvalue weighted by molar-refractivity contribution is -0.139. The Bertz CT molecular complexity index is 244. The van der Waals surface area contributed by atoms with Crippen LogP contribution in [0, 0.1) is 0 Å². The minimum atomic E-state index is -0.969. The number of nitrogens with one attached hydrogen (secondary N) is 2. The lowest BCUT2D eigenvalue weighted by Gasteiger charge is -2.10. The molecule has 0 aliphatic heterocycles. The quantitative estimate of drug-likeness (QED) is 0.498. The van der Waals surface area contributed by atoms with E-state index >= 15 is 0 Å². The summed E-state index contributed by atoms with van der Waals surface area (Å²) in [6, 6.07) is -0.718. The lowest BCUT2D eigenvalue weighted by Crippen LogP contribution is -2.41. The van der Waals surface area contributed by atoms with Crippen LogP contribution >= 0.6 is 0 Å². The maximum atomic E-state index is 11.3. The molecule has 0 saturated heterocycles. The number of rotatable bonds is 9. The predicted octanol–water partition coefficient (Wildman–Crippen LogP) is -0.0196. The van der Waals surface area contributed by atoms with Crippen molar-refractivity contribution in [3.05, 3.63) is 0 Å². The third-order valence-electron chi connectivity index (χ3n) is 2.03. The second-order valence-electron chi connectivity index (χ2n) is 4.06. The van der Waals surface area contributed by atoms with Crippen molar-refractivity contribution in [1.82, 2.24) is 10.6 Å². The monoisotopic (exact) mass is 246 g/mol. The van der Waals surface area contributed by atoms with Crippen molar-refractivity contribution >= 4 is 11.9 Å². The molecule has 0 aromatic carbocycles. The van der Waals surface area contributed by atoms with Gasteiger partial charge in [-0.05, 0) is 27.2 Å². The van der Waals surface area contributed by atoms with Gasteiger partial charge in [0.1, 0.15) is 6.04 Å². The highest BCUT2D eigenvalue weighted by Crippen LogP contribution is 1.89. The summed E-state index contributed by atoms with van der Waals surface area (Å²) in [4.78, 5) is 21.7. The molecule has 0 aliphatic rings. The van der Waals surface area contributed by atoms with Crippen molar-refractivity contribution in [1.29, 1.82) is 0 Å². The Morgan fingerprint density at radius 2 is 1.94 bits per heavy atom. The maximum Gasteiger partial charge on any atom is 0.320 e. The second-order valence-corrected chi connectivity index (χ2v) is 4.06. The van der Waals surface area contributed by atoms with Gasteiger partial charge in [-0.3, -0.25) is 14.9 Å². The molecule has 1 amide bonds. The number of ether oxygens (including phenoxy) is 1. The van der Waals surface area contributed by atoms with Gasteiger partial charge >= 0.3 is 5.97 Å². The minimum absolute atomic E-state index is 0.0124. The summed E-state index contributed by atoms with van der Waals surface area (Å²) in [6.07, 6.45) is 0.946. The molecule has 0 rings (SSSR count). The van der Waals surface area contributed by atoms with Crippen LogP contribution in [-0.2, 0) is 14.3 Å². The van der Waals surface area contributed by atoms with Gasteiger partial charge in [-0.1, -0.05) is 0 Å². The van der Waals surface area contributed by atoms with E-state index in [0.717, 1.165) is 6.42 Å². The molecular formula is C11H22N2O4. The lowest BCUT2D eigenvalue weighted by atomic mass is 10.3. The van der Waals surface area contributed by atoms with Gasteiger partial charge in [0.15, 0.2) is 0 Å². The molecule has 1 atom stereocenters. The van der Waals surface area contributed by atoms with Crippen molar-refractivity contribution in [3.63, 3.8) is 0 Å². The molecule has 0 bridgehead atoms. The Labute approximate surface area is 102 Å². The zero-order chi connectivity index (χ0) is 13.3. The first-order valence-electron chi connectivity index (χ1n) is 5.78. The van der Waals surface area contributed by atoms with E-state index in [1.165, 1.54) is 6.92 Å². The summed E-state index contributed by atoms with van der Waals surface area (Å²) in [6.45, 7) is 6.56. The number of hydrogen-bond acceptors (Lipinski definition) is 4. The molecule has 100 valence electrons. The second kappa shape index (κ2) is 8.95. The van der Waals surface area contributed by atoms with Gasteiger partial charge < -0.3 is 15.2 Å². The molecule has 0 aromatic rings. The topological polar surface area (TPSA) is 87.7 Å². The first kappa shape index (κ1) is 15.9. The number of carboxylic acid groups (broad SMARTS) is 1. The van der Waals surface area contributed by atoms with Gasteiger partial charge in [0.2, 0.25) is 5.91 Å². The van der Waals surface area contributed by atoms with E-state index in [4.69, 9.17) is 9.84 Å². The molecule has 6 heteroatoms. The van der Waals surface area contributed by atoms with E-state index in [-0.39, 0.29) is 18.6 Å². The van der Waals surface area contributed by atoms with E-state index in [9.17, 15) is 9.59 Å². The zero-order valence-corrected chi connectivity index (χ0v) is 10.7. The third kappa shape index (κ3) is 9.77. The summed E-state index contributed by atoms with van der Waals surface area (Å²) in [5.41, 5.74) is 0. The highest BCUT2D eigenvalue weighted by molar-refractivity contribution is 5.79. The van der Waals surface area contributed by atoms with Crippen molar-refractivity contribution in [2.75, 3.05) is 19.7 Å². The summed E-state index contributed by atoms with van der Waals surface area (Å²) in [5, 5.41) is 13.9. The Morgan fingerprint density at radius 1 is 1.29 bits per heavy atom. The number of carbonyl (C=O) groups is 2. The molecule has 0 unspecified atom stereocenters. The van der Waals surface area contributed by atoms with Gasteiger partial charge in [-0.15, -0.1) is 0 Å². The largest absolute Gasteiger partial charge is 0.480 e. The number of carboxylic acids is 1. The molecule has 0 aliphatic carbocycles. The number of aliphatic carboxylic acids is 1. The maximum absolute atomic E-state index is 11.3. The number of carbonyl (C=O) groups excluding carboxylic acids is 1. The van der Waals surface area contributed by atoms with Crippen LogP contribution in [0.5, 0.6) is 0 Å². The summed E-state index contributed by atoms with van der Waals surface area (Å²) >= 11 is 0. The van der Waals surface area contributed by atoms with E-state index in [2.05, 4.69) is 10.6 Å². The number of hydrogen-bond donors (Lipinski definition) is 3. The Balaban J connectivity index is 3.44. The van der Waals surface area contributed by atoms with Gasteiger partial charge in [-0.2, -0.15) is 0 Å². The summed E-state index contributed by atoms with van der Waals surface area (Å²) in [7, 11) is 0. The molecular weight excluding hydrogens is 224 g/mol. The van der Waals surface area contributed by atoms with E-state index in [1.54, 1.807) is 0 Å². The third-order valence-corrected chi connectivity index (χ3v) is 2.03. The van der Waals surface area contributed by atoms with Crippen molar-refractivity contribution in [2.45, 2.75) is 39.3 Å². The van der Waals surface area contributed by atoms with Crippen LogP contribution in [0.3, 0.4) is 0 Å². The molecule has 0 fully saturated rings. The van der Waals surface area contributed by atoms with E-state index < -0.39 is 12.0 Å². The highest BCUT2D eigenvalue weighted by Gasteiger charge is 2.11. The SMILES string of the molecule is CC(C)OCCCNC(=O)CN[C@@H](C)C(=O)O. The van der Waals surface area contributed by atoms with Crippen LogP contribution in [0.4, 0.5) is 0 Å². The fraction of sp³-hybridized carbons (Fsp3) is 0.818. The minimum Gasteiger partial charge on any atom is -0.480 e. The zero-order valence-electron chi connectivity index (χ0n) is 10.7. The van der Waals surface area contributed by atoms with Gasteiger partial charge in [0.25, 0.3) is 0 Å². The fourth-order valence-corrected chi connectivity index (χ4v) is 1.01. The molecule has 0 aromatic heterocycles. The van der Waals surface area contributed by atoms with E-state index in [1.807, 2.05) is 13.8 Å². The Morgan fingerprint density at radius 3 is 2.47 bits per heavy atom. The van der Waals surface area contributed by atoms with E-state index in [0.29, 0.717) is 13.2 Å². The normalized spacial score (nSPS) is 12.5. The summed E-state index contributed by atoms with van der Waals surface area (Å²) in [5.74, 6) is -1.18. The predicted molar refractivity (Wildman–Crippen MR) is 63.8 cm³/mol. The Kier molecular flexibility index (Phi) is 8.35. The molecule has 0 spiro atoms. The van der Waals surface area contributed by atoms with Crippen molar-refractivity contribution in [3.8, 4) is 0 Å². The molecule has 0 heterocycles. The first-order valence-corrected chi connectivity index (χ1v) is 5.78. The smallest absolute Gasteiger partial charge is 0.320 e. The van der Waals surface area contributed by atoms with Crippen LogP contribution in [0.25, 0.3) is 0 Å². The first-order chi connectivity index (χ1) is 7.93. The van der Waals surface area contributed by atoms with Crippen molar-refractivity contribution < 1.29 is 19.4 Å². The van der Waals surface area contributed by atoms with Crippen molar-refractivity contribution in [2.24, 2.45) is 0 Å². The van der Waals surface area contributed by atoms with Gasteiger partial charge in [-0.25, -0.2) is 0 Å². The molecule has 3 N–H and O–H groups in total. The summed E-state index contributed by atoms with van der Waals surface area (Å²) < 4.78 is 5.31. The van der Waals surface area contributed by atoms with Crippen LogP contribution in [0.1, 0.15) is 27.2 Å². The average Bonchev–Trinajstić information content (AvgIpc) is 2.24. The molecule has 6 nitrogen and oxygen atoms in total. The molecule has 0 radical (unpaired) electrons. The standard InChI is InChI=1S/C11H22N2O4/c1-8(2)17-6-4-5-12-10(14)7-13-9(3)11(15)16/h8-9,13H,4-7H2,1-3H3,(H,12,14)(H,15,16)/t9-/m0/s1. The fourth-order valence-electron chi connectivity index (χ4n) is 1.01. The number of amides is 1. The van der Waals surface area contributed by atoms with Crippen LogP contribution < -0.4 is 10.6 Å².